The Morgan fingerprint density at radius 3 is 2.84 bits per heavy atom. The lowest BCUT2D eigenvalue weighted by molar-refractivity contribution is 0.242. The molecule has 1 saturated heterocycles. The summed E-state index contributed by atoms with van der Waals surface area (Å²) >= 11 is 0. The molecular weight excluding hydrogens is 236 g/mol. The van der Waals surface area contributed by atoms with Gasteiger partial charge in [-0.05, 0) is 63.0 Å². The van der Waals surface area contributed by atoms with Crippen LogP contribution in [0.1, 0.15) is 18.4 Å². The lowest BCUT2D eigenvalue weighted by Gasteiger charge is -2.27. The molecule has 1 aromatic carbocycles. The molecule has 3 heteroatoms. The molecule has 0 bridgehead atoms. The van der Waals surface area contributed by atoms with Crippen LogP contribution in [0.25, 0.3) is 0 Å². The summed E-state index contributed by atoms with van der Waals surface area (Å²) in [7, 11) is 3.96. The number of hydrogen-bond acceptors (Lipinski definition) is 3. The highest BCUT2D eigenvalue weighted by molar-refractivity contribution is 5.28. The van der Waals surface area contributed by atoms with Crippen molar-refractivity contribution in [2.24, 2.45) is 5.92 Å². The van der Waals surface area contributed by atoms with Gasteiger partial charge in [-0.2, -0.15) is 0 Å². The molecule has 1 fully saturated rings. The molecule has 2 rings (SSSR count). The second-order valence-corrected chi connectivity index (χ2v) is 5.56. The summed E-state index contributed by atoms with van der Waals surface area (Å²) in [5.41, 5.74) is 1.36. The Labute approximate surface area is 116 Å². The van der Waals surface area contributed by atoms with Crippen LogP contribution in [-0.4, -0.2) is 45.2 Å². The van der Waals surface area contributed by atoms with Gasteiger partial charge in [0, 0.05) is 13.1 Å². The maximum Gasteiger partial charge on any atom is 0.119 e. The number of ether oxygens (including phenoxy) is 1. The van der Waals surface area contributed by atoms with E-state index in [1.54, 1.807) is 7.11 Å². The van der Waals surface area contributed by atoms with E-state index in [4.69, 9.17) is 4.74 Å². The smallest absolute Gasteiger partial charge is 0.119 e. The molecule has 3 nitrogen and oxygen atoms in total. The molecule has 106 valence electrons. The molecule has 0 atom stereocenters. The van der Waals surface area contributed by atoms with Crippen LogP contribution in [0.3, 0.4) is 0 Å². The van der Waals surface area contributed by atoms with Gasteiger partial charge in [0.15, 0.2) is 0 Å². The number of likely N-dealkylation sites (N-methyl/N-ethyl adjacent to an activating group) is 1. The molecule has 0 aliphatic carbocycles. The van der Waals surface area contributed by atoms with E-state index in [2.05, 4.69) is 35.5 Å². The van der Waals surface area contributed by atoms with Crippen molar-refractivity contribution in [3.63, 3.8) is 0 Å². The molecule has 0 amide bonds. The lowest BCUT2D eigenvalue weighted by atomic mass is 9.97. The molecule has 0 radical (unpaired) electrons. The monoisotopic (exact) mass is 262 g/mol. The fraction of sp³-hybridized carbons (Fsp3) is 0.625. The first-order valence-electron chi connectivity index (χ1n) is 7.30. The lowest BCUT2D eigenvalue weighted by Crippen LogP contribution is -2.35. The summed E-state index contributed by atoms with van der Waals surface area (Å²) in [6, 6.07) is 8.39. The van der Waals surface area contributed by atoms with Crippen LogP contribution >= 0.6 is 0 Å². The highest BCUT2D eigenvalue weighted by Crippen LogP contribution is 2.15. The Morgan fingerprint density at radius 1 is 1.32 bits per heavy atom. The molecule has 19 heavy (non-hydrogen) atoms. The average molecular weight is 262 g/mol. The number of hydrogen-bond donors (Lipinski definition) is 1. The molecule has 0 saturated carbocycles. The number of nitrogens with zero attached hydrogens (tertiary/aromatic N) is 1. The zero-order chi connectivity index (χ0) is 13.5. The van der Waals surface area contributed by atoms with Crippen molar-refractivity contribution in [1.82, 2.24) is 10.2 Å². The van der Waals surface area contributed by atoms with Crippen molar-refractivity contribution in [3.8, 4) is 5.75 Å². The van der Waals surface area contributed by atoms with E-state index >= 15 is 0 Å². The third-order valence-corrected chi connectivity index (χ3v) is 3.94. The number of rotatable bonds is 6. The van der Waals surface area contributed by atoms with Crippen LogP contribution in [0, 0.1) is 5.92 Å². The minimum Gasteiger partial charge on any atom is -0.497 e. The van der Waals surface area contributed by atoms with Crippen LogP contribution in [0.15, 0.2) is 24.3 Å². The van der Waals surface area contributed by atoms with Gasteiger partial charge in [-0.3, -0.25) is 0 Å². The van der Waals surface area contributed by atoms with E-state index in [-0.39, 0.29) is 0 Å². The number of nitrogens with one attached hydrogen (secondary N) is 1. The highest BCUT2D eigenvalue weighted by Gasteiger charge is 2.14. The SMILES string of the molecule is COc1cccc(CCN(C)CC2CCNCC2)c1. The van der Waals surface area contributed by atoms with E-state index in [1.165, 1.54) is 38.0 Å². The van der Waals surface area contributed by atoms with Gasteiger partial charge in [-0.15, -0.1) is 0 Å². The minimum atomic E-state index is 0.872. The summed E-state index contributed by atoms with van der Waals surface area (Å²) in [6.07, 6.45) is 3.74. The summed E-state index contributed by atoms with van der Waals surface area (Å²) in [6.45, 7) is 4.73. The molecule has 1 aliphatic rings. The third-order valence-electron chi connectivity index (χ3n) is 3.94. The maximum absolute atomic E-state index is 5.26. The van der Waals surface area contributed by atoms with Crippen molar-refractivity contribution < 1.29 is 4.74 Å². The molecule has 1 aromatic rings. The summed E-state index contributed by atoms with van der Waals surface area (Å²) < 4.78 is 5.26. The first kappa shape index (κ1) is 14.4. The summed E-state index contributed by atoms with van der Waals surface area (Å²) in [4.78, 5) is 2.47. The van der Waals surface area contributed by atoms with Gasteiger partial charge >= 0.3 is 0 Å². The minimum absolute atomic E-state index is 0.872. The van der Waals surface area contributed by atoms with Gasteiger partial charge in [0.2, 0.25) is 0 Å². The van der Waals surface area contributed by atoms with E-state index < -0.39 is 0 Å². The predicted octanol–water partition coefficient (Wildman–Crippen LogP) is 2.17. The first-order valence-corrected chi connectivity index (χ1v) is 7.30. The van der Waals surface area contributed by atoms with E-state index in [9.17, 15) is 0 Å². The Balaban J connectivity index is 1.74. The van der Waals surface area contributed by atoms with Gasteiger partial charge in [-0.25, -0.2) is 0 Å². The van der Waals surface area contributed by atoms with Crippen LogP contribution in [0.5, 0.6) is 5.75 Å². The topological polar surface area (TPSA) is 24.5 Å². The third kappa shape index (κ3) is 4.84. The normalized spacial score (nSPS) is 16.8. The molecular formula is C16H26N2O. The van der Waals surface area contributed by atoms with Gasteiger partial charge < -0.3 is 15.0 Å². The van der Waals surface area contributed by atoms with Crippen LogP contribution < -0.4 is 10.1 Å². The highest BCUT2D eigenvalue weighted by atomic mass is 16.5. The maximum atomic E-state index is 5.26. The predicted molar refractivity (Wildman–Crippen MR) is 79.8 cm³/mol. The number of methoxy groups -OCH3 is 1. The van der Waals surface area contributed by atoms with Gasteiger partial charge in [-0.1, -0.05) is 12.1 Å². The van der Waals surface area contributed by atoms with E-state index in [1.807, 2.05) is 6.07 Å². The fourth-order valence-corrected chi connectivity index (χ4v) is 2.74. The molecule has 0 spiro atoms. The largest absolute Gasteiger partial charge is 0.497 e. The second-order valence-electron chi connectivity index (χ2n) is 5.56. The number of piperidine rings is 1. The zero-order valence-corrected chi connectivity index (χ0v) is 12.2. The van der Waals surface area contributed by atoms with Crippen molar-refractivity contribution in [2.45, 2.75) is 19.3 Å². The van der Waals surface area contributed by atoms with Crippen LogP contribution in [-0.2, 0) is 6.42 Å². The standard InChI is InChI=1S/C16H26N2O/c1-18(13-15-6-9-17-10-7-15)11-8-14-4-3-5-16(12-14)19-2/h3-5,12,15,17H,6-11,13H2,1-2H3. The Bertz CT molecular complexity index is 375. The number of benzene rings is 1. The van der Waals surface area contributed by atoms with Crippen LogP contribution in [0.4, 0.5) is 0 Å². The van der Waals surface area contributed by atoms with Crippen LogP contribution in [0.2, 0.25) is 0 Å². The zero-order valence-electron chi connectivity index (χ0n) is 12.2. The molecule has 1 N–H and O–H groups in total. The quantitative estimate of drug-likeness (QED) is 0.850. The fourth-order valence-electron chi connectivity index (χ4n) is 2.74. The van der Waals surface area contributed by atoms with Crippen molar-refractivity contribution in [2.75, 3.05) is 40.3 Å². The van der Waals surface area contributed by atoms with Gasteiger partial charge in [0.1, 0.15) is 5.75 Å². The summed E-state index contributed by atoms with van der Waals surface area (Å²) in [5, 5.41) is 3.43. The summed E-state index contributed by atoms with van der Waals surface area (Å²) in [5.74, 6) is 1.83. The van der Waals surface area contributed by atoms with Crippen molar-refractivity contribution >= 4 is 0 Å². The molecule has 1 aliphatic heterocycles. The molecule has 1 heterocycles. The molecule has 0 unspecified atom stereocenters. The van der Waals surface area contributed by atoms with Crippen molar-refractivity contribution in [1.29, 1.82) is 0 Å². The van der Waals surface area contributed by atoms with E-state index in [0.717, 1.165) is 24.6 Å². The Morgan fingerprint density at radius 2 is 2.11 bits per heavy atom. The van der Waals surface area contributed by atoms with Crippen molar-refractivity contribution in [3.05, 3.63) is 29.8 Å². The average Bonchev–Trinajstić information content (AvgIpc) is 2.46. The Hall–Kier alpha value is -1.06. The van der Waals surface area contributed by atoms with E-state index in [0.29, 0.717) is 0 Å². The van der Waals surface area contributed by atoms with Gasteiger partial charge in [0.05, 0.1) is 7.11 Å². The first-order chi connectivity index (χ1) is 9.28. The Kier molecular flexibility index (Phi) is 5.67. The second kappa shape index (κ2) is 7.51. The van der Waals surface area contributed by atoms with Gasteiger partial charge in [0.25, 0.3) is 0 Å². The molecule has 0 aromatic heterocycles.